The van der Waals surface area contributed by atoms with E-state index in [0.29, 0.717) is 11.2 Å². The second-order valence-electron chi connectivity index (χ2n) is 3.43. The first-order chi connectivity index (χ1) is 8.59. The van der Waals surface area contributed by atoms with Crippen molar-refractivity contribution in [3.05, 3.63) is 44.8 Å². The van der Waals surface area contributed by atoms with E-state index in [-0.39, 0.29) is 0 Å². The van der Waals surface area contributed by atoms with Crippen molar-refractivity contribution in [3.8, 4) is 0 Å². The molecular weight excluding hydrogens is 244 g/mol. The summed E-state index contributed by atoms with van der Waals surface area (Å²) in [6.07, 6.45) is 2.50. The van der Waals surface area contributed by atoms with Gasteiger partial charge in [-0.2, -0.15) is 9.61 Å². The lowest BCUT2D eigenvalue weighted by Gasteiger charge is -1.87. The Hall–Kier alpha value is -3.04. The van der Waals surface area contributed by atoms with E-state index >= 15 is 0 Å². The number of hydrogen-bond acceptors (Lipinski definition) is 5. The van der Waals surface area contributed by atoms with Crippen molar-refractivity contribution in [3.63, 3.8) is 0 Å². The summed E-state index contributed by atoms with van der Waals surface area (Å²) in [4.78, 5) is 23.9. The summed E-state index contributed by atoms with van der Waals surface area (Å²) in [5.41, 5.74) is 0.101. The lowest BCUT2D eigenvalue weighted by atomic mass is 10.4. The van der Waals surface area contributed by atoms with Crippen LogP contribution in [0.3, 0.4) is 0 Å². The first-order valence-electron chi connectivity index (χ1n) is 4.73. The van der Waals surface area contributed by atoms with Crippen LogP contribution < -0.4 is 9.73 Å². The van der Waals surface area contributed by atoms with Crippen molar-refractivity contribution in [2.24, 2.45) is 0 Å². The molecule has 3 rings (SSSR count). The normalized spacial score (nSPS) is 11.1. The quantitative estimate of drug-likeness (QED) is 0.353. The topological polar surface area (TPSA) is 122 Å². The molecule has 90 valence electrons. The van der Waals surface area contributed by atoms with E-state index in [1.54, 1.807) is 12.1 Å². The Kier molecular flexibility index (Phi) is 1.82. The molecule has 0 amide bonds. The molecule has 18 heavy (non-hydrogen) atoms. The first kappa shape index (κ1) is 10.1. The highest BCUT2D eigenvalue weighted by atomic mass is 16.6. The van der Waals surface area contributed by atoms with Gasteiger partial charge < -0.3 is 0 Å². The summed E-state index contributed by atoms with van der Waals surface area (Å²) in [6.45, 7) is 0. The van der Waals surface area contributed by atoms with Gasteiger partial charge in [-0.05, 0) is 10.7 Å². The van der Waals surface area contributed by atoms with Crippen LogP contribution >= 0.6 is 0 Å². The molecule has 0 aliphatic carbocycles. The fourth-order valence-electron chi connectivity index (χ4n) is 1.72. The zero-order valence-electron chi connectivity index (χ0n) is 8.63. The number of rotatable bonds is 2. The summed E-state index contributed by atoms with van der Waals surface area (Å²) in [6, 6.07) is 3.23. The molecule has 0 fully saturated rings. The van der Waals surface area contributed by atoms with Crippen LogP contribution in [0.25, 0.3) is 11.2 Å². The standard InChI is InChI=1S/C8H4N6O4/c15-13(16)6-4-11-7-5(2-1-3-9-7)10-12(11)8(6)14(17)18/h1-4H. The molecular formula is C8H4N6O4. The molecule has 10 heteroatoms. The maximum Gasteiger partial charge on any atom is 0.600 e. The van der Waals surface area contributed by atoms with Gasteiger partial charge in [-0.3, -0.25) is 25.2 Å². The van der Waals surface area contributed by atoms with Crippen molar-refractivity contribution in [1.82, 2.24) is 14.6 Å². The van der Waals surface area contributed by atoms with Gasteiger partial charge in [0.1, 0.15) is 10.6 Å². The highest BCUT2D eigenvalue weighted by molar-refractivity contribution is 5.68. The van der Waals surface area contributed by atoms with Crippen molar-refractivity contribution in [1.29, 1.82) is 0 Å². The molecule has 0 N–H and O–H groups in total. The second kappa shape index (κ2) is 3.23. The number of nitro groups is 2. The summed E-state index contributed by atoms with van der Waals surface area (Å²) in [5, 5.41) is 25.6. The van der Waals surface area contributed by atoms with Crippen molar-refractivity contribution in [2.75, 3.05) is 0 Å². The molecule has 0 unspecified atom stereocenters. The van der Waals surface area contributed by atoms with Gasteiger partial charge >= 0.3 is 11.5 Å². The monoisotopic (exact) mass is 248 g/mol. The highest BCUT2D eigenvalue weighted by Gasteiger charge is 2.38. The minimum atomic E-state index is -0.843. The average Bonchev–Trinajstić information content (AvgIpc) is 2.83. The van der Waals surface area contributed by atoms with Gasteiger partial charge in [-0.15, -0.1) is 0 Å². The molecule has 0 aliphatic rings. The zero-order chi connectivity index (χ0) is 12.9. The molecule has 3 aromatic heterocycles. The maximum atomic E-state index is 10.9. The largest absolute Gasteiger partial charge is 0.600 e. The van der Waals surface area contributed by atoms with Gasteiger partial charge in [-0.25, -0.2) is 0 Å². The third-order valence-corrected chi connectivity index (χ3v) is 2.42. The van der Waals surface area contributed by atoms with E-state index in [1.165, 1.54) is 10.7 Å². The van der Waals surface area contributed by atoms with E-state index in [4.69, 9.17) is 0 Å². The molecule has 0 atom stereocenters. The Balaban J connectivity index is 2.50. The summed E-state index contributed by atoms with van der Waals surface area (Å²) in [7, 11) is 0. The Bertz CT molecular complexity index is 802. The first-order valence-corrected chi connectivity index (χ1v) is 4.73. The van der Waals surface area contributed by atoms with Gasteiger partial charge in [0.2, 0.25) is 0 Å². The van der Waals surface area contributed by atoms with Gasteiger partial charge in [0.25, 0.3) is 0 Å². The van der Waals surface area contributed by atoms with E-state index in [0.717, 1.165) is 10.8 Å². The fraction of sp³-hybridized carbons (Fsp3) is 0. The van der Waals surface area contributed by atoms with Gasteiger partial charge in [0.15, 0.2) is 0 Å². The Labute approximate surface area is 97.3 Å². The Morgan fingerprint density at radius 2 is 2.11 bits per heavy atom. The maximum absolute atomic E-state index is 10.9. The highest BCUT2D eigenvalue weighted by Crippen LogP contribution is 2.23. The minimum Gasteiger partial charge on any atom is -0.258 e. The summed E-state index contributed by atoms with van der Waals surface area (Å²) < 4.78 is 2.03. The minimum absolute atomic E-state index is 0.314. The van der Waals surface area contributed by atoms with Crippen molar-refractivity contribution in [2.45, 2.75) is 0 Å². The number of pyridine rings is 1. The molecule has 0 aromatic carbocycles. The molecule has 3 aromatic rings. The van der Waals surface area contributed by atoms with Crippen molar-refractivity contribution >= 4 is 22.7 Å². The second-order valence-corrected chi connectivity index (χ2v) is 3.43. The van der Waals surface area contributed by atoms with Crippen LogP contribution in [0.4, 0.5) is 11.5 Å². The van der Waals surface area contributed by atoms with Crippen LogP contribution in [-0.4, -0.2) is 19.3 Å². The molecule has 0 saturated carbocycles. The fourth-order valence-corrected chi connectivity index (χ4v) is 1.72. The average molecular weight is 248 g/mol. The van der Waals surface area contributed by atoms with Crippen LogP contribution in [0.5, 0.6) is 0 Å². The third-order valence-electron chi connectivity index (χ3n) is 2.42. The van der Waals surface area contributed by atoms with E-state index in [9.17, 15) is 20.2 Å². The van der Waals surface area contributed by atoms with Crippen LogP contribution in [0, 0.1) is 20.2 Å². The SMILES string of the molecule is O=[N+]([O-])c1cn2c3ncccc3[n-][n+]2c1[N+](=O)[O-]. The van der Waals surface area contributed by atoms with Gasteiger partial charge in [0, 0.05) is 11.7 Å². The smallest absolute Gasteiger partial charge is 0.258 e. The van der Waals surface area contributed by atoms with Crippen LogP contribution in [0.15, 0.2) is 24.5 Å². The van der Waals surface area contributed by atoms with Gasteiger partial charge in [0.05, 0.1) is 11.1 Å². The summed E-state index contributed by atoms with van der Waals surface area (Å²) >= 11 is 0. The number of aromatic nitrogens is 4. The molecule has 0 radical (unpaired) electrons. The van der Waals surface area contributed by atoms with Crippen LogP contribution in [-0.2, 0) is 0 Å². The van der Waals surface area contributed by atoms with E-state index < -0.39 is 21.4 Å². The molecule has 0 bridgehead atoms. The lowest BCUT2D eigenvalue weighted by molar-refractivity contribution is -0.717. The summed E-state index contributed by atoms with van der Waals surface area (Å²) in [5.74, 6) is -0.696. The lowest BCUT2D eigenvalue weighted by Crippen LogP contribution is -2.32. The predicted molar refractivity (Wildman–Crippen MR) is 55.0 cm³/mol. The van der Waals surface area contributed by atoms with E-state index in [2.05, 4.69) is 10.1 Å². The predicted octanol–water partition coefficient (Wildman–Crippen LogP) is -0.153. The number of fused-ring (bicyclic) bond motifs is 3. The Morgan fingerprint density at radius 3 is 2.78 bits per heavy atom. The van der Waals surface area contributed by atoms with Gasteiger partial charge in [-0.1, -0.05) is 6.07 Å². The molecule has 10 nitrogen and oxygen atoms in total. The molecule has 0 spiro atoms. The van der Waals surface area contributed by atoms with Crippen molar-refractivity contribution < 1.29 is 14.5 Å². The van der Waals surface area contributed by atoms with Crippen LogP contribution in [0.2, 0.25) is 0 Å². The van der Waals surface area contributed by atoms with E-state index in [1.807, 2.05) is 0 Å². The Morgan fingerprint density at radius 1 is 1.33 bits per heavy atom. The van der Waals surface area contributed by atoms with Crippen LogP contribution in [0.1, 0.15) is 0 Å². The molecule has 3 heterocycles. The number of hydrogen-bond donors (Lipinski definition) is 0. The molecule has 0 aliphatic heterocycles. The third kappa shape index (κ3) is 1.16. The number of nitrogens with zero attached hydrogens (tertiary/aromatic N) is 6. The zero-order valence-corrected chi connectivity index (χ0v) is 8.63. The molecule has 0 saturated heterocycles.